The van der Waals surface area contributed by atoms with E-state index in [1.54, 1.807) is 26.0 Å². The third kappa shape index (κ3) is 1.56. The Labute approximate surface area is 90.7 Å². The third-order valence-electron chi connectivity index (χ3n) is 2.17. The molecule has 0 aliphatic carbocycles. The van der Waals surface area contributed by atoms with Crippen molar-refractivity contribution in [2.75, 3.05) is 19.0 Å². The summed E-state index contributed by atoms with van der Waals surface area (Å²) < 4.78 is 1.28. The maximum absolute atomic E-state index is 11.7. The maximum atomic E-state index is 11.7. The van der Waals surface area contributed by atoms with Gasteiger partial charge >= 0.3 is 5.69 Å². The lowest BCUT2D eigenvalue weighted by Crippen LogP contribution is -2.27. The number of aromatic amines is 1. The molecule has 0 amide bonds. The fraction of sp³-hybridized carbons (Fsp3) is 0.333. The predicted octanol–water partition coefficient (Wildman–Crippen LogP) is -0.966. The van der Waals surface area contributed by atoms with Crippen molar-refractivity contribution in [3.8, 4) is 11.4 Å². The number of aromatic nitrogens is 4. The van der Waals surface area contributed by atoms with Crippen LogP contribution in [0.3, 0.4) is 0 Å². The molecular formula is C9H11N5O2. The Morgan fingerprint density at radius 2 is 2.00 bits per heavy atom. The molecule has 0 aromatic heterocycles. The number of fused-ring (bicyclic) bond motifs is 1. The van der Waals surface area contributed by atoms with Crippen LogP contribution >= 0.6 is 0 Å². The number of H-pyrrole nitrogens is 1. The van der Waals surface area contributed by atoms with Crippen LogP contribution in [-0.4, -0.2) is 33.6 Å². The SMILES string of the molecule is CN(C)c1nc2[nH]c(=O)n(C)cc-2c(=O)n1. The minimum atomic E-state index is -0.402. The van der Waals surface area contributed by atoms with E-state index in [0.717, 1.165) is 0 Å². The number of nitrogens with zero attached hydrogens (tertiary/aromatic N) is 4. The molecule has 0 radical (unpaired) electrons. The molecule has 2 heterocycles. The van der Waals surface area contributed by atoms with Crippen molar-refractivity contribution in [1.82, 2.24) is 19.5 Å². The van der Waals surface area contributed by atoms with Crippen LogP contribution in [0.4, 0.5) is 5.95 Å². The van der Waals surface area contributed by atoms with Crippen molar-refractivity contribution >= 4 is 5.95 Å². The molecule has 0 atom stereocenters. The van der Waals surface area contributed by atoms with Crippen LogP contribution in [0.15, 0.2) is 15.8 Å². The minimum Gasteiger partial charge on any atom is -0.347 e. The van der Waals surface area contributed by atoms with Crippen molar-refractivity contribution < 1.29 is 0 Å². The predicted molar refractivity (Wildman–Crippen MR) is 58.8 cm³/mol. The Bertz CT molecular complexity index is 612. The van der Waals surface area contributed by atoms with Gasteiger partial charge in [-0.2, -0.15) is 9.97 Å². The van der Waals surface area contributed by atoms with E-state index in [-0.39, 0.29) is 17.5 Å². The van der Waals surface area contributed by atoms with E-state index in [1.165, 1.54) is 10.8 Å². The molecule has 0 aromatic carbocycles. The van der Waals surface area contributed by atoms with E-state index in [4.69, 9.17) is 0 Å². The molecule has 7 heteroatoms. The third-order valence-corrected chi connectivity index (χ3v) is 2.17. The van der Waals surface area contributed by atoms with E-state index >= 15 is 0 Å². The summed E-state index contributed by atoms with van der Waals surface area (Å²) in [6, 6.07) is 0. The number of hydrogen-bond acceptors (Lipinski definition) is 5. The van der Waals surface area contributed by atoms with Gasteiger partial charge in [0.1, 0.15) is 5.56 Å². The second kappa shape index (κ2) is 3.44. The van der Waals surface area contributed by atoms with Gasteiger partial charge in [-0.15, -0.1) is 0 Å². The van der Waals surface area contributed by atoms with Crippen molar-refractivity contribution in [3.05, 3.63) is 27.0 Å². The Kier molecular flexibility index (Phi) is 2.22. The first-order valence-corrected chi connectivity index (χ1v) is 4.64. The van der Waals surface area contributed by atoms with Gasteiger partial charge in [-0.1, -0.05) is 0 Å². The highest BCUT2D eigenvalue weighted by molar-refractivity contribution is 5.55. The zero-order chi connectivity index (χ0) is 11.9. The highest BCUT2D eigenvalue weighted by Gasteiger charge is 2.14. The molecule has 0 saturated carbocycles. The summed E-state index contributed by atoms with van der Waals surface area (Å²) in [4.78, 5) is 35.0. The van der Waals surface area contributed by atoms with E-state index in [2.05, 4.69) is 15.0 Å². The summed E-state index contributed by atoms with van der Waals surface area (Å²) in [6.45, 7) is 0. The largest absolute Gasteiger partial charge is 0.347 e. The molecule has 0 saturated heterocycles. The molecule has 0 bridgehead atoms. The normalized spacial score (nSPS) is 10.7. The van der Waals surface area contributed by atoms with Crippen LogP contribution in [0.5, 0.6) is 0 Å². The van der Waals surface area contributed by atoms with Crippen molar-refractivity contribution in [3.63, 3.8) is 0 Å². The lowest BCUT2D eigenvalue weighted by Gasteiger charge is -2.11. The number of rotatable bonds is 1. The van der Waals surface area contributed by atoms with Crippen LogP contribution < -0.4 is 16.1 Å². The maximum Gasteiger partial charge on any atom is 0.326 e. The number of hydrogen-bond donors (Lipinski definition) is 1. The van der Waals surface area contributed by atoms with Crippen LogP contribution in [0.25, 0.3) is 11.4 Å². The lowest BCUT2D eigenvalue weighted by molar-refractivity contribution is 0.797. The number of aryl methyl sites for hydroxylation is 1. The van der Waals surface area contributed by atoms with Gasteiger partial charge in [-0.3, -0.25) is 9.78 Å². The van der Waals surface area contributed by atoms with E-state index in [1.807, 2.05) is 0 Å². The Morgan fingerprint density at radius 3 is 2.62 bits per heavy atom. The standard InChI is InChI=1S/C9H11N5O2/c1-13(2)8-10-6-5(7(15)12-8)4-14(3)9(16)11-6/h4H,1-3H3,(H,10,11,12,15,16). The average molecular weight is 221 g/mol. The summed E-state index contributed by atoms with van der Waals surface area (Å²) in [6.07, 6.45) is 1.43. The van der Waals surface area contributed by atoms with Crippen LogP contribution in [-0.2, 0) is 7.05 Å². The van der Waals surface area contributed by atoms with Crippen molar-refractivity contribution in [2.24, 2.45) is 7.05 Å². The van der Waals surface area contributed by atoms with Gasteiger partial charge in [0.15, 0.2) is 5.82 Å². The number of anilines is 1. The lowest BCUT2D eigenvalue weighted by atomic mass is 10.3. The molecule has 2 aliphatic heterocycles. The van der Waals surface area contributed by atoms with E-state index < -0.39 is 5.56 Å². The Balaban J connectivity index is 2.83. The fourth-order valence-electron chi connectivity index (χ4n) is 1.29. The van der Waals surface area contributed by atoms with Gasteiger partial charge in [-0.05, 0) is 0 Å². The average Bonchev–Trinajstić information content (AvgIpc) is 2.20. The molecule has 0 fully saturated rings. The molecule has 1 N–H and O–H groups in total. The highest BCUT2D eigenvalue weighted by atomic mass is 16.1. The van der Waals surface area contributed by atoms with Crippen molar-refractivity contribution in [1.29, 1.82) is 0 Å². The minimum absolute atomic E-state index is 0.256. The molecule has 0 spiro atoms. The van der Waals surface area contributed by atoms with E-state index in [0.29, 0.717) is 5.56 Å². The van der Waals surface area contributed by atoms with Gasteiger partial charge in [0, 0.05) is 27.3 Å². The molecule has 2 aliphatic rings. The van der Waals surface area contributed by atoms with Crippen molar-refractivity contribution in [2.45, 2.75) is 0 Å². The van der Waals surface area contributed by atoms with Gasteiger partial charge < -0.3 is 9.47 Å². The summed E-state index contributed by atoms with van der Waals surface area (Å²) in [5, 5.41) is 0. The summed E-state index contributed by atoms with van der Waals surface area (Å²) in [7, 11) is 5.00. The van der Waals surface area contributed by atoms with Crippen LogP contribution in [0, 0.1) is 0 Å². The summed E-state index contributed by atoms with van der Waals surface area (Å²) in [5.41, 5.74) is -0.427. The molecular weight excluding hydrogens is 210 g/mol. The zero-order valence-corrected chi connectivity index (χ0v) is 9.18. The van der Waals surface area contributed by atoms with E-state index in [9.17, 15) is 9.59 Å². The van der Waals surface area contributed by atoms with Gasteiger partial charge in [-0.25, -0.2) is 4.79 Å². The second-order valence-corrected chi connectivity index (χ2v) is 3.66. The molecule has 16 heavy (non-hydrogen) atoms. The highest BCUT2D eigenvalue weighted by Crippen LogP contribution is 2.10. The summed E-state index contributed by atoms with van der Waals surface area (Å²) in [5.74, 6) is 0.536. The first kappa shape index (κ1) is 10.3. The fourth-order valence-corrected chi connectivity index (χ4v) is 1.29. The van der Waals surface area contributed by atoms with Crippen LogP contribution in [0.1, 0.15) is 0 Å². The first-order valence-electron chi connectivity index (χ1n) is 4.64. The quantitative estimate of drug-likeness (QED) is 0.670. The molecule has 0 aromatic rings. The molecule has 84 valence electrons. The second-order valence-electron chi connectivity index (χ2n) is 3.66. The smallest absolute Gasteiger partial charge is 0.326 e. The zero-order valence-electron chi connectivity index (χ0n) is 9.18. The van der Waals surface area contributed by atoms with Crippen LogP contribution in [0.2, 0.25) is 0 Å². The van der Waals surface area contributed by atoms with Gasteiger partial charge in [0.2, 0.25) is 5.95 Å². The van der Waals surface area contributed by atoms with Gasteiger partial charge in [0.25, 0.3) is 5.56 Å². The Morgan fingerprint density at radius 1 is 1.31 bits per heavy atom. The number of nitrogens with one attached hydrogen (secondary N) is 1. The topological polar surface area (TPSA) is 83.9 Å². The first-order chi connectivity index (χ1) is 7.49. The molecule has 0 unspecified atom stereocenters. The van der Waals surface area contributed by atoms with Gasteiger partial charge in [0.05, 0.1) is 0 Å². The monoisotopic (exact) mass is 221 g/mol. The molecule has 7 nitrogen and oxygen atoms in total. The summed E-state index contributed by atoms with van der Waals surface area (Å²) >= 11 is 0. The molecule has 2 rings (SSSR count). The Hall–Kier alpha value is -2.18.